The monoisotopic (exact) mass is 1070 g/mol. The van der Waals surface area contributed by atoms with E-state index in [0.29, 0.717) is 19.3 Å². The van der Waals surface area contributed by atoms with Crippen LogP contribution < -0.4 is 0 Å². The second-order valence-electron chi connectivity index (χ2n) is 25.9. The smallest absolute Gasteiger partial charge is 0.335 e. The number of aliphatic hydroxyl groups is 12. The van der Waals surface area contributed by atoms with Gasteiger partial charge in [-0.25, -0.2) is 4.79 Å². The number of hydrogen-bond acceptors (Lipinski definition) is 21. The van der Waals surface area contributed by atoms with Gasteiger partial charge in [-0.3, -0.25) is 0 Å². The van der Waals surface area contributed by atoms with Crippen LogP contribution in [-0.2, 0) is 42.7 Å². The Labute approximate surface area is 437 Å². The number of ether oxygens (including phenoxy) is 8. The van der Waals surface area contributed by atoms with Crippen molar-refractivity contribution in [1.29, 1.82) is 0 Å². The summed E-state index contributed by atoms with van der Waals surface area (Å²) in [7, 11) is 0. The van der Waals surface area contributed by atoms with E-state index in [9.17, 15) is 71.2 Å². The largest absolute Gasteiger partial charge is 0.479 e. The number of aliphatic carboxylic acids is 1. The van der Waals surface area contributed by atoms with Crippen molar-refractivity contribution in [2.75, 3.05) is 19.8 Å². The van der Waals surface area contributed by atoms with E-state index < -0.39 is 147 Å². The van der Waals surface area contributed by atoms with E-state index in [2.05, 4.69) is 47.6 Å². The first kappa shape index (κ1) is 58.1. The van der Waals surface area contributed by atoms with Crippen LogP contribution in [0.1, 0.15) is 113 Å². The maximum absolute atomic E-state index is 12.5. The van der Waals surface area contributed by atoms with E-state index in [1.54, 1.807) is 0 Å². The topological polar surface area (TPSA) is 354 Å². The Hall–Kier alpha value is -1.59. The zero-order valence-electron chi connectivity index (χ0n) is 44.4. The van der Waals surface area contributed by atoms with Gasteiger partial charge in [-0.15, -0.1) is 0 Å². The Kier molecular flexibility index (Phi) is 16.1. The molecule has 22 nitrogen and oxygen atoms in total. The Balaban J connectivity index is 0.947. The SMILES string of the molecule is C[C@@H]1O[C@@H](O[C@H]2[C@H](O[C@H]3[C@H](O[C@H]4CC[C@@]5(C)C(CC[C@]6(C)[C@@H]5CC=C5[C@@H]7CC(C)(C)[C@H](O[C@@H]8O[C@H](CO)[C@@H](O)[C@H](O)[C@H]8O)C[C@]7(C)CC[C@]56C)[C@@]4(C)CO)O[C@H](C(=O)O)[C@@H](O)[C@@H]3O)OC[C@@H](O)[C@@H]2O)[C@H](O)[C@H](O)[C@H]1O. The van der Waals surface area contributed by atoms with Gasteiger partial charge in [0.25, 0.3) is 0 Å². The van der Waals surface area contributed by atoms with Gasteiger partial charge in [-0.1, -0.05) is 60.1 Å². The van der Waals surface area contributed by atoms with Crippen LogP contribution in [0.5, 0.6) is 0 Å². The van der Waals surface area contributed by atoms with Gasteiger partial charge in [0.05, 0.1) is 38.1 Å². The molecule has 22 heteroatoms. The van der Waals surface area contributed by atoms with E-state index >= 15 is 0 Å². The second-order valence-corrected chi connectivity index (χ2v) is 25.9. The predicted octanol–water partition coefficient (Wildman–Crippen LogP) is -0.832. The summed E-state index contributed by atoms with van der Waals surface area (Å²) in [6, 6.07) is 0. The van der Waals surface area contributed by atoms with Crippen molar-refractivity contribution >= 4 is 5.97 Å². The van der Waals surface area contributed by atoms with Gasteiger partial charge in [0.2, 0.25) is 0 Å². The number of aliphatic hydroxyl groups excluding tert-OH is 12. The van der Waals surface area contributed by atoms with Gasteiger partial charge in [-0.05, 0) is 110 Å². The van der Waals surface area contributed by atoms with E-state index in [-0.39, 0.29) is 57.5 Å². The normalized spacial score (nSPS) is 55.9. The van der Waals surface area contributed by atoms with Crippen LogP contribution >= 0.6 is 0 Å². The Bertz CT molecular complexity index is 2080. The quantitative estimate of drug-likeness (QED) is 0.0887. The van der Waals surface area contributed by atoms with Crippen molar-refractivity contribution < 1.29 is 109 Å². The minimum absolute atomic E-state index is 0.115. The lowest BCUT2D eigenvalue weighted by atomic mass is 9.33. The second kappa shape index (κ2) is 20.7. The molecule has 0 bridgehead atoms. The highest BCUT2D eigenvalue weighted by atomic mass is 16.8. The molecule has 4 aliphatic heterocycles. The lowest BCUT2D eigenvalue weighted by Gasteiger charge is -2.72. The van der Waals surface area contributed by atoms with E-state index in [1.165, 1.54) is 12.5 Å². The third-order valence-electron chi connectivity index (χ3n) is 21.3. The molecule has 0 spiro atoms. The number of fused-ring (bicyclic) bond motifs is 7. The molecule has 4 saturated heterocycles. The molecule has 0 aromatic carbocycles. The number of hydrogen-bond donors (Lipinski definition) is 13. The zero-order valence-corrected chi connectivity index (χ0v) is 44.4. The minimum Gasteiger partial charge on any atom is -0.479 e. The van der Waals surface area contributed by atoms with Crippen molar-refractivity contribution in [1.82, 2.24) is 0 Å². The molecule has 75 heavy (non-hydrogen) atoms. The number of rotatable bonds is 11. The van der Waals surface area contributed by atoms with Crippen LogP contribution in [0, 0.1) is 50.2 Å². The molecule has 13 N–H and O–H groups in total. The molecule has 29 atom stereocenters. The summed E-state index contributed by atoms with van der Waals surface area (Å²) in [6.07, 6.45) is -22.7. The van der Waals surface area contributed by atoms with Gasteiger partial charge in [-0.2, -0.15) is 0 Å². The lowest BCUT2D eigenvalue weighted by Crippen LogP contribution is -2.68. The summed E-state index contributed by atoms with van der Waals surface area (Å²) in [6.45, 7) is 15.8. The van der Waals surface area contributed by atoms with Crippen LogP contribution in [0.4, 0.5) is 0 Å². The Morgan fingerprint density at radius 2 is 1.25 bits per heavy atom. The summed E-state index contributed by atoms with van der Waals surface area (Å²) in [5, 5.41) is 140. The average molecular weight is 1080 g/mol. The number of allylic oxidation sites excluding steroid dienone is 2. The zero-order chi connectivity index (χ0) is 54.9. The lowest BCUT2D eigenvalue weighted by molar-refractivity contribution is -0.387. The van der Waals surface area contributed by atoms with E-state index in [1.807, 2.05) is 6.92 Å². The van der Waals surface area contributed by atoms with Crippen LogP contribution in [0.3, 0.4) is 0 Å². The maximum atomic E-state index is 12.5. The molecule has 0 amide bonds. The van der Waals surface area contributed by atoms with Gasteiger partial charge < -0.3 is 104 Å². The van der Waals surface area contributed by atoms with Crippen molar-refractivity contribution in [2.45, 2.75) is 242 Å². The van der Waals surface area contributed by atoms with Crippen LogP contribution in [-0.4, -0.2) is 221 Å². The molecular formula is C53H86O22. The standard InChI is InChI=1S/C53H86O22/c1-22-31(57)34(60)38(64)44(69-22)74-41-32(58)25(56)20-68-46(41)75-42-37(63)36(62)40(43(66)67)73-47(42)71-29-12-13-50(5)27(51(29,6)21-55)11-14-53(8)28(50)10-9-23-24-17-48(2,3)30(18-49(24,4)15-16-52(23,53)7)72-45-39(65)35(61)33(59)26(19-54)70-45/h9,22,24-42,44-47,54-65H,10-21H2,1-8H3,(H,66,67)/t22-,24-,25+,26+,27?,28+,29-,30+,31-,32-,33+,34+,35-,36-,37-,38+,39+,40-,41+,42+,44-,45-,46-,47+,49-,50-,51+,52+,53+/m0/s1. The third kappa shape index (κ3) is 9.40. The molecule has 0 aromatic heterocycles. The molecule has 5 aliphatic carbocycles. The molecule has 0 aromatic rings. The van der Waals surface area contributed by atoms with Gasteiger partial charge in [0, 0.05) is 5.41 Å². The highest BCUT2D eigenvalue weighted by molar-refractivity contribution is 5.73. The summed E-state index contributed by atoms with van der Waals surface area (Å²) in [4.78, 5) is 12.5. The fourth-order valence-electron chi connectivity index (χ4n) is 16.3. The molecule has 9 rings (SSSR count). The van der Waals surface area contributed by atoms with Gasteiger partial charge in [0.1, 0.15) is 79.4 Å². The fraction of sp³-hybridized carbons (Fsp3) is 0.943. The van der Waals surface area contributed by atoms with Crippen LogP contribution in [0.25, 0.3) is 0 Å². The number of carbonyl (C=O) groups is 1. The predicted molar refractivity (Wildman–Crippen MR) is 257 cm³/mol. The van der Waals surface area contributed by atoms with Crippen LogP contribution in [0.2, 0.25) is 0 Å². The van der Waals surface area contributed by atoms with Crippen molar-refractivity contribution in [3.63, 3.8) is 0 Å². The number of carboxylic acid groups (broad SMARTS) is 1. The molecule has 8 fully saturated rings. The van der Waals surface area contributed by atoms with E-state index in [0.717, 1.165) is 38.5 Å². The summed E-state index contributed by atoms with van der Waals surface area (Å²) >= 11 is 0. The summed E-state index contributed by atoms with van der Waals surface area (Å²) in [5.74, 6) is -1.30. The third-order valence-corrected chi connectivity index (χ3v) is 21.3. The maximum Gasteiger partial charge on any atom is 0.335 e. The number of carboxylic acids is 1. The van der Waals surface area contributed by atoms with Gasteiger partial charge >= 0.3 is 5.97 Å². The molecule has 9 aliphatic rings. The Morgan fingerprint density at radius 3 is 1.91 bits per heavy atom. The molecule has 4 heterocycles. The minimum atomic E-state index is -2.05. The highest BCUT2D eigenvalue weighted by Gasteiger charge is 2.70. The van der Waals surface area contributed by atoms with E-state index in [4.69, 9.17) is 37.9 Å². The molecule has 1 unspecified atom stereocenters. The molecule has 430 valence electrons. The van der Waals surface area contributed by atoms with Crippen molar-refractivity contribution in [2.24, 2.45) is 50.2 Å². The first-order chi connectivity index (χ1) is 35.0. The van der Waals surface area contributed by atoms with Crippen molar-refractivity contribution in [3.8, 4) is 0 Å². The van der Waals surface area contributed by atoms with Crippen LogP contribution in [0.15, 0.2) is 11.6 Å². The average Bonchev–Trinajstić information content (AvgIpc) is 3.35. The first-order valence-electron chi connectivity index (χ1n) is 27.2. The summed E-state index contributed by atoms with van der Waals surface area (Å²) in [5.41, 5.74) is -0.720. The molecule has 4 saturated carbocycles. The first-order valence-corrected chi connectivity index (χ1v) is 27.2. The molecule has 0 radical (unpaired) electrons. The fourth-order valence-corrected chi connectivity index (χ4v) is 16.3. The molecular weight excluding hydrogens is 989 g/mol. The van der Waals surface area contributed by atoms with Crippen molar-refractivity contribution in [3.05, 3.63) is 11.6 Å². The highest BCUT2D eigenvalue weighted by Crippen LogP contribution is 2.76. The summed E-state index contributed by atoms with van der Waals surface area (Å²) < 4.78 is 48.5. The Morgan fingerprint density at radius 1 is 0.627 bits per heavy atom. The van der Waals surface area contributed by atoms with Gasteiger partial charge in [0.15, 0.2) is 31.3 Å².